The summed E-state index contributed by atoms with van der Waals surface area (Å²) >= 11 is 0. The van der Waals surface area contributed by atoms with Gasteiger partial charge in [0.15, 0.2) is 0 Å². The van der Waals surface area contributed by atoms with E-state index in [9.17, 15) is 72.5 Å². The van der Waals surface area contributed by atoms with Gasteiger partial charge in [-0.05, 0) is 13.8 Å². The lowest BCUT2D eigenvalue weighted by Crippen LogP contribution is -2.71. The van der Waals surface area contributed by atoms with Gasteiger partial charge in [0.05, 0.1) is 12.2 Å². The van der Waals surface area contributed by atoms with Gasteiger partial charge < -0.3 is 19.7 Å². The number of hydrogen-bond donors (Lipinski definition) is 2. The van der Waals surface area contributed by atoms with Crippen LogP contribution in [0.2, 0.25) is 0 Å². The van der Waals surface area contributed by atoms with E-state index in [1.54, 1.807) is 0 Å². The number of esters is 2. The van der Waals surface area contributed by atoms with Crippen molar-refractivity contribution in [1.82, 2.24) is 0 Å². The van der Waals surface area contributed by atoms with Crippen LogP contribution >= 0.6 is 0 Å². The molecule has 2 unspecified atom stereocenters. The Balaban J connectivity index is 5.96. The molecule has 0 aromatic carbocycles. The Bertz CT molecular complexity index is 831. The van der Waals surface area contributed by atoms with Gasteiger partial charge in [-0.15, -0.1) is 0 Å². The second-order valence-electron chi connectivity index (χ2n) is 8.18. The summed E-state index contributed by atoms with van der Waals surface area (Å²) in [4.78, 5) is 22.2. The predicted molar refractivity (Wildman–Crippen MR) is 102 cm³/mol. The number of carbonyl (C=O) groups excluding carboxylic acids is 2. The molecule has 0 fully saturated rings. The van der Waals surface area contributed by atoms with Crippen LogP contribution < -0.4 is 0 Å². The molecule has 0 saturated heterocycles. The normalized spacial score (nSPS) is 15.5. The van der Waals surface area contributed by atoms with Crippen molar-refractivity contribution in [2.75, 3.05) is 13.2 Å². The van der Waals surface area contributed by atoms with E-state index < -0.39 is 96.9 Å². The summed E-state index contributed by atoms with van der Waals surface area (Å²) in [5.41, 5.74) is -0.801. The Kier molecular flexibility index (Phi) is 10.9. The van der Waals surface area contributed by atoms with Gasteiger partial charge in [-0.25, -0.2) is 9.59 Å². The van der Waals surface area contributed by atoms with Crippen LogP contribution in [0.3, 0.4) is 0 Å². The summed E-state index contributed by atoms with van der Waals surface area (Å²) in [6, 6.07) is 0. The molecular weight excluding hydrogens is 564 g/mol. The molecule has 2 N–H and O–H groups in total. The number of halogens is 12. The molecule has 0 bridgehead atoms. The van der Waals surface area contributed by atoms with Crippen molar-refractivity contribution in [3.05, 3.63) is 24.3 Å². The molecular formula is C20H22F12O6. The highest BCUT2D eigenvalue weighted by Crippen LogP contribution is 2.61. The van der Waals surface area contributed by atoms with Gasteiger partial charge in [-0.3, -0.25) is 0 Å². The largest absolute Gasteiger partial charge is 0.460 e. The van der Waals surface area contributed by atoms with Crippen LogP contribution in [0.25, 0.3) is 0 Å². The lowest BCUT2D eigenvalue weighted by molar-refractivity contribution is -0.427. The van der Waals surface area contributed by atoms with E-state index in [4.69, 9.17) is 0 Å². The molecule has 0 aromatic rings. The third kappa shape index (κ3) is 7.12. The third-order valence-electron chi connectivity index (χ3n) is 4.60. The van der Waals surface area contributed by atoms with Crippen LogP contribution in [-0.4, -0.2) is 83.1 Å². The maximum absolute atomic E-state index is 13.9. The lowest BCUT2D eigenvalue weighted by atomic mass is 9.88. The maximum Gasteiger partial charge on any atom is 0.384 e. The highest BCUT2D eigenvalue weighted by Gasteiger charge is 2.89. The Hall–Kier alpha value is -2.50. The first kappa shape index (κ1) is 35.5. The molecule has 2 atom stereocenters. The van der Waals surface area contributed by atoms with Crippen molar-refractivity contribution in [1.29, 1.82) is 0 Å². The SMILES string of the molecule is C=C(C)C(=O)OCC(O)CC(F)(F)C(F)(F)C(F)(F)C(F)(F)C(F)(F)C(F)(F)CC(O)COC(=O)C(=C)C. The van der Waals surface area contributed by atoms with E-state index >= 15 is 0 Å². The average molecular weight is 586 g/mol. The Morgan fingerprint density at radius 1 is 0.605 bits per heavy atom. The van der Waals surface area contributed by atoms with Gasteiger partial charge >= 0.3 is 47.5 Å². The van der Waals surface area contributed by atoms with Crippen molar-refractivity contribution in [3.63, 3.8) is 0 Å². The van der Waals surface area contributed by atoms with Crippen LogP contribution in [0.15, 0.2) is 24.3 Å². The summed E-state index contributed by atoms with van der Waals surface area (Å²) < 4.78 is 175. The number of aliphatic hydroxyl groups is 2. The number of rotatable bonds is 15. The maximum atomic E-state index is 13.9. The average Bonchev–Trinajstić information content (AvgIpc) is 2.74. The minimum atomic E-state index is -7.90. The molecule has 0 radical (unpaired) electrons. The molecule has 0 aromatic heterocycles. The number of ether oxygens (including phenoxy) is 2. The lowest BCUT2D eigenvalue weighted by Gasteiger charge is -2.41. The molecule has 0 amide bonds. The van der Waals surface area contributed by atoms with Crippen LogP contribution in [0.5, 0.6) is 0 Å². The first-order valence-corrected chi connectivity index (χ1v) is 9.98. The molecule has 0 saturated carbocycles. The standard InChI is InChI=1S/C20H22F12O6/c1-9(2)13(35)37-7-11(33)5-15(21,22)17(25,26)19(29,30)20(31,32)18(27,28)16(23,24)6-12(34)8-38-14(36)10(3)4/h11-12,33-34H,1,3,5-8H2,2,4H3. The number of carbonyl (C=O) groups is 2. The van der Waals surface area contributed by atoms with E-state index in [1.807, 2.05) is 0 Å². The van der Waals surface area contributed by atoms with Crippen LogP contribution in [0, 0.1) is 0 Å². The molecule has 0 heterocycles. The van der Waals surface area contributed by atoms with E-state index in [-0.39, 0.29) is 0 Å². The van der Waals surface area contributed by atoms with Gasteiger partial charge in [-0.2, -0.15) is 52.7 Å². The van der Waals surface area contributed by atoms with E-state index in [1.165, 1.54) is 0 Å². The monoisotopic (exact) mass is 586 g/mol. The van der Waals surface area contributed by atoms with Crippen LogP contribution in [0.1, 0.15) is 26.7 Å². The molecule has 0 rings (SSSR count). The highest BCUT2D eigenvalue weighted by molar-refractivity contribution is 5.87. The number of alkyl halides is 12. The highest BCUT2D eigenvalue weighted by atomic mass is 19.4. The van der Waals surface area contributed by atoms with Gasteiger partial charge in [0.1, 0.15) is 13.2 Å². The fourth-order valence-corrected chi connectivity index (χ4v) is 2.41. The number of aliphatic hydroxyl groups excluding tert-OH is 2. The third-order valence-corrected chi connectivity index (χ3v) is 4.60. The quantitative estimate of drug-likeness (QED) is 0.166. The molecule has 222 valence electrons. The van der Waals surface area contributed by atoms with E-state index in [2.05, 4.69) is 22.6 Å². The van der Waals surface area contributed by atoms with Crippen molar-refractivity contribution in [2.24, 2.45) is 0 Å². The topological polar surface area (TPSA) is 93.1 Å². The molecule has 0 aliphatic rings. The molecule has 6 nitrogen and oxygen atoms in total. The first-order chi connectivity index (χ1) is 16.7. The van der Waals surface area contributed by atoms with Crippen molar-refractivity contribution in [2.45, 2.75) is 74.4 Å². The summed E-state index contributed by atoms with van der Waals surface area (Å²) in [7, 11) is 0. The van der Waals surface area contributed by atoms with Crippen LogP contribution in [-0.2, 0) is 19.1 Å². The molecule has 38 heavy (non-hydrogen) atoms. The zero-order valence-electron chi connectivity index (χ0n) is 19.5. The number of hydrogen-bond acceptors (Lipinski definition) is 6. The van der Waals surface area contributed by atoms with Gasteiger partial charge in [0.25, 0.3) is 0 Å². The van der Waals surface area contributed by atoms with Crippen molar-refractivity contribution in [3.8, 4) is 0 Å². The molecule has 0 spiro atoms. The van der Waals surface area contributed by atoms with Gasteiger partial charge in [0, 0.05) is 24.0 Å². The minimum Gasteiger partial charge on any atom is -0.460 e. The fourth-order valence-electron chi connectivity index (χ4n) is 2.41. The smallest absolute Gasteiger partial charge is 0.384 e. The minimum absolute atomic E-state index is 0.400. The Morgan fingerprint density at radius 2 is 0.842 bits per heavy atom. The predicted octanol–water partition coefficient (Wildman–Crippen LogP) is 4.54. The second-order valence-corrected chi connectivity index (χ2v) is 8.18. The summed E-state index contributed by atoms with van der Waals surface area (Å²) in [6.07, 6.45) is -11.6. The van der Waals surface area contributed by atoms with Crippen LogP contribution in [0.4, 0.5) is 52.7 Å². The summed E-state index contributed by atoms with van der Waals surface area (Å²) in [6.45, 7) is 4.87. The zero-order chi connectivity index (χ0) is 30.7. The summed E-state index contributed by atoms with van der Waals surface area (Å²) in [5, 5.41) is 18.5. The molecule has 18 heteroatoms. The fraction of sp³-hybridized carbons (Fsp3) is 0.700. The Morgan fingerprint density at radius 3 is 1.05 bits per heavy atom. The first-order valence-electron chi connectivity index (χ1n) is 9.98. The van der Waals surface area contributed by atoms with Crippen molar-refractivity contribution >= 4 is 11.9 Å². The van der Waals surface area contributed by atoms with Gasteiger partial charge in [-0.1, -0.05) is 13.2 Å². The van der Waals surface area contributed by atoms with E-state index in [0.717, 1.165) is 13.8 Å². The molecule has 0 aliphatic carbocycles. The van der Waals surface area contributed by atoms with E-state index in [0.29, 0.717) is 0 Å². The molecule has 0 aliphatic heterocycles. The second kappa shape index (κ2) is 11.7. The summed E-state index contributed by atoms with van der Waals surface area (Å²) in [5.74, 6) is -46.5. The Labute approximate surface area is 206 Å². The van der Waals surface area contributed by atoms with Crippen molar-refractivity contribution < 1.29 is 82.0 Å². The van der Waals surface area contributed by atoms with Gasteiger partial charge in [0.2, 0.25) is 0 Å². The zero-order valence-corrected chi connectivity index (χ0v) is 19.5.